The van der Waals surface area contributed by atoms with Gasteiger partial charge in [0, 0.05) is 25.9 Å². The largest absolute Gasteiger partial charge is 0.493 e. The molecule has 0 aliphatic carbocycles. The van der Waals surface area contributed by atoms with Gasteiger partial charge in [0.1, 0.15) is 12.6 Å². The number of likely N-dealkylation sites (N-methyl/N-ethyl adjacent to an activating group) is 2. The maximum absolute atomic E-state index is 12.6. The van der Waals surface area contributed by atoms with E-state index in [4.69, 9.17) is 9.47 Å². The first-order valence-corrected chi connectivity index (χ1v) is 7.73. The summed E-state index contributed by atoms with van der Waals surface area (Å²) in [6.07, 6.45) is 3.52. The van der Waals surface area contributed by atoms with E-state index in [0.29, 0.717) is 24.7 Å². The van der Waals surface area contributed by atoms with Crippen molar-refractivity contribution in [2.45, 2.75) is 6.04 Å². The van der Waals surface area contributed by atoms with E-state index in [9.17, 15) is 4.79 Å². The monoisotopic (exact) mass is 332 g/mol. The van der Waals surface area contributed by atoms with Crippen LogP contribution in [0.15, 0.2) is 36.7 Å². The van der Waals surface area contributed by atoms with Crippen LogP contribution < -0.4 is 14.8 Å². The average molecular weight is 332 g/mol. The van der Waals surface area contributed by atoms with Gasteiger partial charge in [0.05, 0.1) is 19.9 Å². The zero-order chi connectivity index (χ0) is 17.5. The predicted octanol–water partition coefficient (Wildman–Crippen LogP) is 1.23. The topological polar surface area (TPSA) is 68.6 Å². The van der Waals surface area contributed by atoms with E-state index >= 15 is 0 Å². The Hall–Kier alpha value is -2.54. The number of amides is 1. The van der Waals surface area contributed by atoms with Crippen LogP contribution in [0.4, 0.5) is 0 Å². The summed E-state index contributed by atoms with van der Waals surface area (Å²) in [5.74, 6) is 1.31. The fourth-order valence-electron chi connectivity index (χ4n) is 2.38. The van der Waals surface area contributed by atoms with Gasteiger partial charge in [-0.3, -0.25) is 9.48 Å². The molecule has 24 heavy (non-hydrogen) atoms. The van der Waals surface area contributed by atoms with E-state index in [0.717, 1.165) is 5.56 Å². The Kier molecular flexibility index (Phi) is 6.20. The molecule has 0 bridgehead atoms. The van der Waals surface area contributed by atoms with E-state index in [2.05, 4.69) is 10.4 Å². The Labute approximate surface area is 142 Å². The second-order valence-electron chi connectivity index (χ2n) is 5.43. The first-order chi connectivity index (χ1) is 11.6. The van der Waals surface area contributed by atoms with Crippen LogP contribution in [-0.4, -0.2) is 54.9 Å². The van der Waals surface area contributed by atoms with Gasteiger partial charge in [-0.25, -0.2) is 0 Å². The Bertz CT molecular complexity index is 671. The molecule has 1 atom stereocenters. The van der Waals surface area contributed by atoms with E-state index in [1.54, 1.807) is 37.0 Å². The number of nitrogens with zero attached hydrogens (tertiary/aromatic N) is 3. The standard InChI is InChI=1S/C17H24N4O3/c1-18-16(13-11-19-21(3)12-13)17(22)20(2)9-10-24-15-8-6-5-7-14(15)23-4/h5-8,11-12,16,18H,9-10H2,1-4H3. The number of aryl methyl sites for hydroxylation is 1. The number of ether oxygens (including phenoxy) is 2. The summed E-state index contributed by atoms with van der Waals surface area (Å²) in [7, 11) is 6.94. The van der Waals surface area contributed by atoms with Crippen LogP contribution in [0.25, 0.3) is 0 Å². The van der Waals surface area contributed by atoms with Crippen LogP contribution in [0.1, 0.15) is 11.6 Å². The van der Waals surface area contributed by atoms with Crippen molar-refractivity contribution in [3.8, 4) is 11.5 Å². The fourth-order valence-corrected chi connectivity index (χ4v) is 2.38. The summed E-state index contributed by atoms with van der Waals surface area (Å²) in [5.41, 5.74) is 0.836. The molecule has 2 rings (SSSR count). The number of nitrogens with one attached hydrogen (secondary N) is 1. The molecule has 0 spiro atoms. The fraction of sp³-hybridized carbons (Fsp3) is 0.412. The summed E-state index contributed by atoms with van der Waals surface area (Å²) in [6.45, 7) is 0.849. The first-order valence-electron chi connectivity index (χ1n) is 7.73. The third-order valence-electron chi connectivity index (χ3n) is 3.72. The number of para-hydroxylation sites is 2. The maximum atomic E-state index is 12.6. The molecule has 0 saturated heterocycles. The van der Waals surface area contributed by atoms with Crippen molar-refractivity contribution in [3.05, 3.63) is 42.2 Å². The van der Waals surface area contributed by atoms with Gasteiger partial charge in [0.2, 0.25) is 5.91 Å². The number of benzene rings is 1. The zero-order valence-corrected chi connectivity index (χ0v) is 14.5. The second-order valence-corrected chi connectivity index (χ2v) is 5.43. The molecular formula is C17H24N4O3. The molecule has 0 saturated carbocycles. The molecule has 130 valence electrons. The van der Waals surface area contributed by atoms with Gasteiger partial charge in [-0.2, -0.15) is 5.10 Å². The van der Waals surface area contributed by atoms with Gasteiger partial charge in [-0.15, -0.1) is 0 Å². The van der Waals surface area contributed by atoms with Gasteiger partial charge in [0.15, 0.2) is 11.5 Å². The summed E-state index contributed by atoms with van der Waals surface area (Å²) in [5, 5.41) is 7.15. The first kappa shape index (κ1) is 17.8. The number of hydrogen-bond acceptors (Lipinski definition) is 5. The van der Waals surface area contributed by atoms with Crippen molar-refractivity contribution >= 4 is 5.91 Å². The van der Waals surface area contributed by atoms with Crippen LogP contribution in [0, 0.1) is 0 Å². The molecule has 0 aliphatic heterocycles. The lowest BCUT2D eigenvalue weighted by Gasteiger charge is -2.23. The van der Waals surface area contributed by atoms with Gasteiger partial charge in [-0.1, -0.05) is 12.1 Å². The molecule has 1 aromatic heterocycles. The molecule has 1 heterocycles. The van der Waals surface area contributed by atoms with Gasteiger partial charge >= 0.3 is 0 Å². The van der Waals surface area contributed by atoms with Crippen LogP contribution in [0.3, 0.4) is 0 Å². The Morgan fingerprint density at radius 2 is 2.08 bits per heavy atom. The Morgan fingerprint density at radius 1 is 1.38 bits per heavy atom. The van der Waals surface area contributed by atoms with Crippen molar-refractivity contribution in [1.29, 1.82) is 0 Å². The van der Waals surface area contributed by atoms with Crippen LogP contribution in [0.5, 0.6) is 11.5 Å². The maximum Gasteiger partial charge on any atom is 0.244 e. The number of rotatable bonds is 8. The van der Waals surface area contributed by atoms with Crippen molar-refractivity contribution in [2.75, 3.05) is 34.4 Å². The molecule has 1 unspecified atom stereocenters. The molecule has 0 radical (unpaired) electrons. The number of carbonyl (C=O) groups is 1. The van der Waals surface area contributed by atoms with Gasteiger partial charge in [-0.05, 0) is 19.2 Å². The summed E-state index contributed by atoms with van der Waals surface area (Å²) >= 11 is 0. The average Bonchev–Trinajstić information content (AvgIpc) is 3.01. The SMILES string of the molecule is CNC(C(=O)N(C)CCOc1ccccc1OC)c1cnn(C)c1. The number of methoxy groups -OCH3 is 1. The van der Waals surface area contributed by atoms with Crippen molar-refractivity contribution in [3.63, 3.8) is 0 Å². The molecular weight excluding hydrogens is 308 g/mol. The van der Waals surface area contributed by atoms with E-state index in [-0.39, 0.29) is 5.91 Å². The highest BCUT2D eigenvalue weighted by atomic mass is 16.5. The van der Waals surface area contributed by atoms with E-state index in [1.807, 2.05) is 37.5 Å². The van der Waals surface area contributed by atoms with Crippen molar-refractivity contribution in [2.24, 2.45) is 7.05 Å². The molecule has 1 amide bonds. The highest BCUT2D eigenvalue weighted by Crippen LogP contribution is 2.25. The molecule has 7 nitrogen and oxygen atoms in total. The minimum atomic E-state index is -0.421. The van der Waals surface area contributed by atoms with Gasteiger partial charge in [0.25, 0.3) is 0 Å². The summed E-state index contributed by atoms with van der Waals surface area (Å²) in [6, 6.07) is 7.02. The predicted molar refractivity (Wildman–Crippen MR) is 91.1 cm³/mol. The number of hydrogen-bond donors (Lipinski definition) is 1. The van der Waals surface area contributed by atoms with Crippen LogP contribution in [-0.2, 0) is 11.8 Å². The third kappa shape index (κ3) is 4.26. The van der Waals surface area contributed by atoms with Crippen LogP contribution >= 0.6 is 0 Å². The molecule has 1 aromatic carbocycles. The minimum absolute atomic E-state index is 0.0332. The molecule has 0 fully saturated rings. The van der Waals surface area contributed by atoms with Crippen molar-refractivity contribution < 1.29 is 14.3 Å². The summed E-state index contributed by atoms with van der Waals surface area (Å²) in [4.78, 5) is 14.2. The van der Waals surface area contributed by atoms with E-state index < -0.39 is 6.04 Å². The number of aromatic nitrogens is 2. The highest BCUT2D eigenvalue weighted by molar-refractivity contribution is 5.82. The quantitative estimate of drug-likeness (QED) is 0.787. The van der Waals surface area contributed by atoms with E-state index in [1.165, 1.54) is 0 Å². The zero-order valence-electron chi connectivity index (χ0n) is 14.5. The summed E-state index contributed by atoms with van der Waals surface area (Å²) < 4.78 is 12.6. The molecule has 0 aliphatic rings. The second kappa shape index (κ2) is 8.35. The van der Waals surface area contributed by atoms with Gasteiger partial charge < -0.3 is 19.7 Å². The molecule has 7 heteroatoms. The minimum Gasteiger partial charge on any atom is -0.493 e. The highest BCUT2D eigenvalue weighted by Gasteiger charge is 2.23. The molecule has 1 N–H and O–H groups in total. The Balaban J connectivity index is 1.91. The van der Waals surface area contributed by atoms with Crippen LogP contribution in [0.2, 0.25) is 0 Å². The molecule has 2 aromatic rings. The lowest BCUT2D eigenvalue weighted by Crippen LogP contribution is -2.39. The smallest absolute Gasteiger partial charge is 0.244 e. The normalized spacial score (nSPS) is 11.8. The third-order valence-corrected chi connectivity index (χ3v) is 3.72. The lowest BCUT2D eigenvalue weighted by atomic mass is 10.1. The lowest BCUT2D eigenvalue weighted by molar-refractivity contribution is -0.132. The van der Waals surface area contributed by atoms with Crippen molar-refractivity contribution in [1.82, 2.24) is 20.0 Å². The number of carbonyl (C=O) groups excluding carboxylic acids is 1. The Morgan fingerprint density at radius 3 is 2.67 bits per heavy atom.